The summed E-state index contributed by atoms with van der Waals surface area (Å²) in [7, 11) is 0. The van der Waals surface area contributed by atoms with Gasteiger partial charge in [-0.2, -0.15) is 0 Å². The van der Waals surface area contributed by atoms with Crippen molar-refractivity contribution in [1.82, 2.24) is 5.32 Å². The number of rotatable bonds is 5. The lowest BCUT2D eigenvalue weighted by atomic mass is 9.91. The first kappa shape index (κ1) is 22.4. The Morgan fingerprint density at radius 2 is 1.89 bits per heavy atom. The van der Waals surface area contributed by atoms with Crippen LogP contribution in [0.5, 0.6) is 5.75 Å². The predicted molar refractivity (Wildman–Crippen MR) is 99.5 cm³/mol. The molecule has 0 aromatic heterocycles. The first-order valence-electron chi connectivity index (χ1n) is 9.20. The zero-order chi connectivity index (χ0) is 21.2. The van der Waals surface area contributed by atoms with Crippen molar-refractivity contribution in [2.75, 3.05) is 13.2 Å². The highest BCUT2D eigenvalue weighted by molar-refractivity contribution is 5.69. The molecule has 28 heavy (non-hydrogen) atoms. The topological polar surface area (TPSA) is 77.0 Å². The van der Waals surface area contributed by atoms with E-state index in [-0.39, 0.29) is 13.2 Å². The number of halogens is 2. The summed E-state index contributed by atoms with van der Waals surface area (Å²) >= 11 is 0. The Bertz CT molecular complexity index is 690. The van der Waals surface area contributed by atoms with E-state index in [0.717, 1.165) is 0 Å². The van der Waals surface area contributed by atoms with Gasteiger partial charge in [0.25, 0.3) is 6.43 Å². The number of amides is 1. The number of alkyl carbamates (subject to hydrolysis) is 1. The summed E-state index contributed by atoms with van der Waals surface area (Å²) in [5, 5.41) is 12.4. The molecule has 1 aliphatic heterocycles. The molecule has 6 nitrogen and oxygen atoms in total. The fourth-order valence-electron chi connectivity index (χ4n) is 2.82. The van der Waals surface area contributed by atoms with Gasteiger partial charge >= 0.3 is 6.09 Å². The second kappa shape index (κ2) is 8.21. The van der Waals surface area contributed by atoms with Crippen LogP contribution in [0.25, 0.3) is 0 Å². The lowest BCUT2D eigenvalue weighted by Gasteiger charge is -2.44. The molecule has 0 saturated carbocycles. The highest BCUT2D eigenvalue weighted by atomic mass is 19.3. The molecule has 0 atom stereocenters. The van der Waals surface area contributed by atoms with Crippen molar-refractivity contribution in [3.63, 3.8) is 0 Å². The molecule has 0 radical (unpaired) electrons. The summed E-state index contributed by atoms with van der Waals surface area (Å²) in [6.45, 7) is 9.23. The summed E-state index contributed by atoms with van der Waals surface area (Å²) in [6, 6.07) is 4.11. The highest BCUT2D eigenvalue weighted by Crippen LogP contribution is 2.31. The summed E-state index contributed by atoms with van der Waals surface area (Å²) < 4.78 is 42.8. The minimum absolute atomic E-state index is 0.193. The van der Waals surface area contributed by atoms with E-state index in [2.05, 4.69) is 5.32 Å². The summed E-state index contributed by atoms with van der Waals surface area (Å²) in [5.41, 5.74) is -1.32. The predicted octanol–water partition coefficient (Wildman–Crippen LogP) is 4.31. The number of ether oxygens (including phenoxy) is 3. The number of alkyl halides is 2. The van der Waals surface area contributed by atoms with Crippen molar-refractivity contribution in [2.24, 2.45) is 0 Å². The third-order valence-corrected chi connectivity index (χ3v) is 4.38. The fraction of sp³-hybridized carbons (Fsp3) is 0.650. The number of aromatic hydroxyl groups is 1. The SMILES string of the molecule is CC(C)(C)OC(=O)NC1(CCc2ccc(O)c(C(F)F)c2)COC(C)(C)OC1. The van der Waals surface area contributed by atoms with Gasteiger partial charge in [0.2, 0.25) is 0 Å². The quantitative estimate of drug-likeness (QED) is 0.769. The first-order chi connectivity index (χ1) is 12.8. The van der Waals surface area contributed by atoms with Gasteiger partial charge in [-0.1, -0.05) is 6.07 Å². The van der Waals surface area contributed by atoms with Crippen molar-refractivity contribution in [2.45, 2.75) is 70.8 Å². The van der Waals surface area contributed by atoms with Gasteiger partial charge in [-0.3, -0.25) is 0 Å². The molecule has 1 heterocycles. The van der Waals surface area contributed by atoms with Crippen molar-refractivity contribution in [3.05, 3.63) is 29.3 Å². The second-order valence-corrected chi connectivity index (χ2v) is 8.58. The number of aryl methyl sites for hydroxylation is 1. The van der Waals surface area contributed by atoms with Crippen LogP contribution in [0.15, 0.2) is 18.2 Å². The fourth-order valence-corrected chi connectivity index (χ4v) is 2.82. The van der Waals surface area contributed by atoms with E-state index in [1.165, 1.54) is 12.1 Å². The number of phenolic OH excluding ortho intramolecular Hbond substituents is 1. The molecular formula is C20H29F2NO5. The summed E-state index contributed by atoms with van der Waals surface area (Å²) in [5.74, 6) is -1.22. The molecule has 1 fully saturated rings. The van der Waals surface area contributed by atoms with Crippen molar-refractivity contribution in [3.8, 4) is 5.75 Å². The van der Waals surface area contributed by atoms with Crippen molar-refractivity contribution < 1.29 is 32.9 Å². The van der Waals surface area contributed by atoms with E-state index in [0.29, 0.717) is 18.4 Å². The molecule has 2 rings (SSSR count). The molecule has 8 heteroatoms. The lowest BCUT2D eigenvalue weighted by molar-refractivity contribution is -0.271. The highest BCUT2D eigenvalue weighted by Gasteiger charge is 2.42. The summed E-state index contributed by atoms with van der Waals surface area (Å²) in [4.78, 5) is 12.3. The van der Waals surface area contributed by atoms with Gasteiger partial charge in [0, 0.05) is 0 Å². The van der Waals surface area contributed by atoms with Crippen LogP contribution >= 0.6 is 0 Å². The van der Waals surface area contributed by atoms with Crippen LogP contribution in [0.3, 0.4) is 0 Å². The van der Waals surface area contributed by atoms with E-state index in [1.54, 1.807) is 40.7 Å². The molecule has 1 amide bonds. The molecular weight excluding hydrogens is 372 g/mol. The van der Waals surface area contributed by atoms with Crippen molar-refractivity contribution in [1.29, 1.82) is 0 Å². The maximum atomic E-state index is 13.0. The van der Waals surface area contributed by atoms with E-state index >= 15 is 0 Å². The number of phenols is 1. The Labute approximate surface area is 164 Å². The number of carbonyl (C=O) groups is 1. The minimum Gasteiger partial charge on any atom is -0.507 e. The van der Waals surface area contributed by atoms with Crippen LogP contribution in [0.2, 0.25) is 0 Å². The largest absolute Gasteiger partial charge is 0.507 e. The van der Waals surface area contributed by atoms with E-state index in [9.17, 15) is 18.7 Å². The number of hydrogen-bond donors (Lipinski definition) is 2. The maximum absolute atomic E-state index is 13.0. The van der Waals surface area contributed by atoms with Gasteiger partial charge in [-0.15, -0.1) is 0 Å². The Morgan fingerprint density at radius 3 is 2.43 bits per heavy atom. The Hall–Kier alpha value is -1.93. The third-order valence-electron chi connectivity index (χ3n) is 4.38. The van der Waals surface area contributed by atoms with Gasteiger partial charge in [-0.05, 0) is 65.2 Å². The van der Waals surface area contributed by atoms with E-state index < -0.39 is 40.8 Å². The lowest BCUT2D eigenvalue weighted by Crippen LogP contribution is -2.61. The number of carbonyl (C=O) groups excluding carboxylic acids is 1. The van der Waals surface area contributed by atoms with Crippen LogP contribution in [0, 0.1) is 0 Å². The van der Waals surface area contributed by atoms with Crippen LogP contribution in [0.1, 0.15) is 58.6 Å². The molecule has 1 aromatic carbocycles. The van der Waals surface area contributed by atoms with Crippen LogP contribution in [-0.4, -0.2) is 41.3 Å². The van der Waals surface area contributed by atoms with Gasteiger partial charge in [-0.25, -0.2) is 13.6 Å². The smallest absolute Gasteiger partial charge is 0.408 e. The zero-order valence-corrected chi connectivity index (χ0v) is 17.0. The standard InChI is InChI=1S/C20H29F2NO5/c1-18(2,3)28-17(25)23-20(11-26-19(4,5)27-12-20)9-8-13-6-7-15(24)14(10-13)16(21)22/h6-7,10,16,24H,8-9,11-12H2,1-5H3,(H,23,25). The molecule has 1 aromatic rings. The van der Waals surface area contributed by atoms with E-state index in [1.807, 2.05) is 0 Å². The van der Waals surface area contributed by atoms with Gasteiger partial charge < -0.3 is 24.6 Å². The van der Waals surface area contributed by atoms with E-state index in [4.69, 9.17) is 14.2 Å². The molecule has 158 valence electrons. The average molecular weight is 401 g/mol. The van der Waals surface area contributed by atoms with Crippen LogP contribution in [-0.2, 0) is 20.6 Å². The first-order valence-corrected chi connectivity index (χ1v) is 9.20. The third kappa shape index (κ3) is 6.31. The average Bonchev–Trinajstić information content (AvgIpc) is 2.55. The van der Waals surface area contributed by atoms with Gasteiger partial charge in [0.05, 0.1) is 24.3 Å². The second-order valence-electron chi connectivity index (χ2n) is 8.58. The monoisotopic (exact) mass is 401 g/mol. The molecule has 0 spiro atoms. The Morgan fingerprint density at radius 1 is 1.29 bits per heavy atom. The Balaban J connectivity index is 2.14. The normalized spacial score (nSPS) is 18.7. The van der Waals surface area contributed by atoms with Crippen LogP contribution in [0.4, 0.5) is 13.6 Å². The number of benzene rings is 1. The zero-order valence-electron chi connectivity index (χ0n) is 17.0. The molecule has 1 saturated heterocycles. The molecule has 0 aliphatic carbocycles. The maximum Gasteiger partial charge on any atom is 0.408 e. The molecule has 2 N–H and O–H groups in total. The van der Waals surface area contributed by atoms with Crippen molar-refractivity contribution >= 4 is 6.09 Å². The minimum atomic E-state index is -2.77. The van der Waals surface area contributed by atoms with Gasteiger partial charge in [0.15, 0.2) is 5.79 Å². The molecule has 1 aliphatic rings. The van der Waals surface area contributed by atoms with Gasteiger partial charge in [0.1, 0.15) is 11.4 Å². The molecule has 0 bridgehead atoms. The van der Waals surface area contributed by atoms with Crippen LogP contribution < -0.4 is 5.32 Å². The molecule has 0 unspecified atom stereocenters. The Kier molecular flexibility index (Phi) is 6.55. The number of hydrogen-bond acceptors (Lipinski definition) is 5. The summed E-state index contributed by atoms with van der Waals surface area (Å²) in [6.07, 6.45) is -2.60. The number of nitrogens with one attached hydrogen (secondary N) is 1.